The number of nitrogens with zero attached hydrogens (tertiary/aromatic N) is 1. The number of benzene rings is 2. The fourth-order valence-electron chi connectivity index (χ4n) is 3.99. The molecule has 28 heavy (non-hydrogen) atoms. The van der Waals surface area contributed by atoms with Crippen molar-refractivity contribution in [2.45, 2.75) is 25.5 Å². The lowest BCUT2D eigenvalue weighted by atomic mass is 9.93. The molecule has 0 aliphatic carbocycles. The number of cyclic esters (lactones) is 1. The molecule has 140 valence electrons. The van der Waals surface area contributed by atoms with Crippen molar-refractivity contribution >= 4 is 23.2 Å². The molecule has 5 heteroatoms. The second kappa shape index (κ2) is 6.91. The van der Waals surface area contributed by atoms with E-state index < -0.39 is 0 Å². The fourth-order valence-corrected chi connectivity index (χ4v) is 4.88. The number of rotatable bonds is 2. The van der Waals surface area contributed by atoms with Crippen molar-refractivity contribution in [1.82, 2.24) is 4.90 Å². The smallest absolute Gasteiger partial charge is 0.339 e. The molecule has 5 rings (SSSR count). The van der Waals surface area contributed by atoms with Crippen LogP contribution in [-0.2, 0) is 24.1 Å². The lowest BCUT2D eigenvalue weighted by Gasteiger charge is -2.28. The average molecular weight is 389 g/mol. The molecule has 0 saturated carbocycles. The molecule has 2 aromatic carbocycles. The zero-order valence-electron chi connectivity index (χ0n) is 15.3. The maximum absolute atomic E-state index is 13.1. The third kappa shape index (κ3) is 3.02. The number of hydrogen-bond donors (Lipinski definition) is 0. The minimum Gasteiger partial charge on any atom is -0.454 e. The fraction of sp³-hybridized carbons (Fsp3) is 0.217. The van der Waals surface area contributed by atoms with E-state index in [1.54, 1.807) is 23.5 Å². The van der Waals surface area contributed by atoms with Gasteiger partial charge in [0.15, 0.2) is 0 Å². The molecule has 0 N–H and O–H groups in total. The van der Waals surface area contributed by atoms with Gasteiger partial charge >= 0.3 is 5.97 Å². The Morgan fingerprint density at radius 2 is 1.93 bits per heavy atom. The van der Waals surface area contributed by atoms with Gasteiger partial charge in [0.05, 0.1) is 5.56 Å². The summed E-state index contributed by atoms with van der Waals surface area (Å²) < 4.78 is 5.61. The molecule has 1 aromatic heterocycles. The van der Waals surface area contributed by atoms with Crippen LogP contribution >= 0.6 is 11.3 Å². The third-order valence-corrected chi connectivity index (χ3v) is 6.52. The van der Waals surface area contributed by atoms with Gasteiger partial charge in [0, 0.05) is 30.0 Å². The van der Waals surface area contributed by atoms with Crippen molar-refractivity contribution in [3.05, 3.63) is 92.7 Å². The van der Waals surface area contributed by atoms with Gasteiger partial charge in [-0.05, 0) is 52.8 Å². The van der Waals surface area contributed by atoms with Crippen LogP contribution in [0.1, 0.15) is 48.4 Å². The lowest BCUT2D eigenvalue weighted by molar-refractivity contribution is 0.0252. The number of ether oxygens (including phenoxy) is 1. The topological polar surface area (TPSA) is 46.6 Å². The Balaban J connectivity index is 1.41. The summed E-state index contributed by atoms with van der Waals surface area (Å²) in [6.45, 7) is 1.39. The highest BCUT2D eigenvalue weighted by molar-refractivity contribution is 7.10. The Morgan fingerprint density at radius 1 is 1.07 bits per heavy atom. The Bertz CT molecular complexity index is 1060. The van der Waals surface area contributed by atoms with E-state index in [0.717, 1.165) is 24.1 Å². The van der Waals surface area contributed by atoms with Gasteiger partial charge in [-0.2, -0.15) is 0 Å². The predicted octanol–water partition coefficient (Wildman–Crippen LogP) is 4.40. The van der Waals surface area contributed by atoms with E-state index >= 15 is 0 Å². The second-order valence-corrected chi connectivity index (χ2v) is 8.23. The van der Waals surface area contributed by atoms with E-state index in [1.807, 2.05) is 41.3 Å². The van der Waals surface area contributed by atoms with Gasteiger partial charge in [0.2, 0.25) is 0 Å². The first-order valence-electron chi connectivity index (χ1n) is 9.42. The first kappa shape index (κ1) is 17.2. The summed E-state index contributed by atoms with van der Waals surface area (Å²) in [6, 6.07) is 17.2. The predicted molar refractivity (Wildman–Crippen MR) is 108 cm³/mol. The SMILES string of the molecule is O=C1OC(c2ccccc2)Cc2cc(C(=O)N3CCc4sccc4C3)ccc21. The number of amides is 1. The maximum Gasteiger partial charge on any atom is 0.339 e. The van der Waals surface area contributed by atoms with Crippen molar-refractivity contribution in [2.75, 3.05) is 6.54 Å². The van der Waals surface area contributed by atoms with Crippen molar-refractivity contribution in [3.63, 3.8) is 0 Å². The molecular formula is C23H19NO3S. The van der Waals surface area contributed by atoms with Crippen LogP contribution in [0.3, 0.4) is 0 Å². The molecule has 2 aliphatic rings. The van der Waals surface area contributed by atoms with E-state index in [0.29, 0.717) is 24.1 Å². The zero-order valence-corrected chi connectivity index (χ0v) is 16.1. The summed E-state index contributed by atoms with van der Waals surface area (Å²) in [7, 11) is 0. The van der Waals surface area contributed by atoms with Crippen molar-refractivity contribution < 1.29 is 14.3 Å². The van der Waals surface area contributed by atoms with Crippen LogP contribution in [0.15, 0.2) is 60.0 Å². The summed E-state index contributed by atoms with van der Waals surface area (Å²) >= 11 is 1.76. The lowest BCUT2D eigenvalue weighted by Crippen LogP contribution is -2.35. The van der Waals surface area contributed by atoms with Crippen molar-refractivity contribution in [2.24, 2.45) is 0 Å². The van der Waals surface area contributed by atoms with Crippen molar-refractivity contribution in [1.29, 1.82) is 0 Å². The van der Waals surface area contributed by atoms with Gasteiger partial charge in [-0.15, -0.1) is 11.3 Å². The largest absolute Gasteiger partial charge is 0.454 e. The summed E-state index contributed by atoms with van der Waals surface area (Å²) in [5.41, 5.74) is 4.29. The Kier molecular flexibility index (Phi) is 4.24. The molecule has 1 amide bonds. The standard InChI is InChI=1S/C23H19NO3S/c25-22(24-10-8-21-17(14-24)9-11-28-21)16-6-7-19-18(12-16)13-20(27-23(19)26)15-4-2-1-3-5-15/h1-7,9,11-12,20H,8,10,13-14H2. The Morgan fingerprint density at radius 3 is 2.79 bits per heavy atom. The van der Waals surface area contributed by atoms with Gasteiger partial charge in [0.25, 0.3) is 5.91 Å². The number of fused-ring (bicyclic) bond motifs is 2. The van der Waals surface area contributed by atoms with Crippen LogP contribution in [-0.4, -0.2) is 23.3 Å². The number of carbonyl (C=O) groups excluding carboxylic acids is 2. The van der Waals surface area contributed by atoms with Gasteiger partial charge in [-0.1, -0.05) is 30.3 Å². The highest BCUT2D eigenvalue weighted by atomic mass is 32.1. The minimum atomic E-state index is -0.324. The number of hydrogen-bond acceptors (Lipinski definition) is 4. The highest BCUT2D eigenvalue weighted by Crippen LogP contribution is 2.32. The number of esters is 1. The molecule has 0 saturated heterocycles. The van der Waals surface area contributed by atoms with Gasteiger partial charge in [-0.3, -0.25) is 4.79 Å². The molecule has 3 aromatic rings. The van der Waals surface area contributed by atoms with E-state index in [1.165, 1.54) is 10.4 Å². The molecule has 1 unspecified atom stereocenters. The molecule has 1 atom stereocenters. The Labute approximate surface area is 167 Å². The van der Waals surface area contributed by atoms with Crippen LogP contribution in [0.5, 0.6) is 0 Å². The molecule has 0 fully saturated rings. The van der Waals surface area contributed by atoms with Crippen LogP contribution < -0.4 is 0 Å². The summed E-state index contributed by atoms with van der Waals surface area (Å²) in [5.74, 6) is -0.301. The second-order valence-electron chi connectivity index (χ2n) is 7.23. The number of thiophene rings is 1. The first-order chi connectivity index (χ1) is 13.7. The maximum atomic E-state index is 13.1. The third-order valence-electron chi connectivity index (χ3n) is 5.49. The van der Waals surface area contributed by atoms with E-state index in [-0.39, 0.29) is 18.0 Å². The van der Waals surface area contributed by atoms with E-state index in [4.69, 9.17) is 4.74 Å². The van der Waals surface area contributed by atoms with E-state index in [9.17, 15) is 9.59 Å². The zero-order chi connectivity index (χ0) is 19.1. The summed E-state index contributed by atoms with van der Waals surface area (Å²) in [6.07, 6.45) is 1.18. The highest BCUT2D eigenvalue weighted by Gasteiger charge is 2.29. The molecular weight excluding hydrogens is 370 g/mol. The summed E-state index contributed by atoms with van der Waals surface area (Å²) in [4.78, 5) is 28.8. The van der Waals surface area contributed by atoms with Gasteiger partial charge in [-0.25, -0.2) is 4.79 Å². The van der Waals surface area contributed by atoms with Crippen LogP contribution in [0.2, 0.25) is 0 Å². The molecule has 0 radical (unpaired) electrons. The van der Waals surface area contributed by atoms with E-state index in [2.05, 4.69) is 11.4 Å². The quantitative estimate of drug-likeness (QED) is 0.610. The molecule has 4 nitrogen and oxygen atoms in total. The van der Waals surface area contributed by atoms with Crippen LogP contribution in [0, 0.1) is 0 Å². The van der Waals surface area contributed by atoms with Gasteiger partial charge < -0.3 is 9.64 Å². The molecule has 2 aliphatic heterocycles. The molecule has 0 spiro atoms. The van der Waals surface area contributed by atoms with Crippen molar-refractivity contribution in [3.8, 4) is 0 Å². The molecule has 3 heterocycles. The van der Waals surface area contributed by atoms with Gasteiger partial charge in [0.1, 0.15) is 6.10 Å². The summed E-state index contributed by atoms with van der Waals surface area (Å²) in [5, 5.41) is 2.09. The normalized spacial score (nSPS) is 18.2. The minimum absolute atomic E-state index is 0.0230. The Hall–Kier alpha value is -2.92. The van der Waals surface area contributed by atoms with Crippen LogP contribution in [0.25, 0.3) is 0 Å². The number of carbonyl (C=O) groups is 2. The molecule has 0 bridgehead atoms. The first-order valence-corrected chi connectivity index (χ1v) is 10.3. The van der Waals surface area contributed by atoms with Crippen LogP contribution in [0.4, 0.5) is 0 Å². The average Bonchev–Trinajstić information content (AvgIpc) is 3.21. The monoisotopic (exact) mass is 389 g/mol.